The minimum absolute atomic E-state index is 0.437. The molecule has 0 unspecified atom stereocenters. The molecule has 0 fully saturated rings. The van der Waals surface area contributed by atoms with Crippen molar-refractivity contribution in [1.29, 1.82) is 0 Å². The molecule has 2 N–H and O–H groups in total. The molecule has 98 valence electrons. The Bertz CT molecular complexity index is 556. The highest BCUT2D eigenvalue weighted by Crippen LogP contribution is 2.24. The fourth-order valence-corrected chi connectivity index (χ4v) is 1.74. The van der Waals surface area contributed by atoms with Gasteiger partial charge in [-0.25, -0.2) is 0 Å². The van der Waals surface area contributed by atoms with Crippen LogP contribution in [0, 0.1) is 0 Å². The van der Waals surface area contributed by atoms with Crippen molar-refractivity contribution >= 4 is 5.91 Å². The van der Waals surface area contributed by atoms with Gasteiger partial charge in [0.1, 0.15) is 11.5 Å². The number of nitrogens with two attached hydrogens (primary N) is 1. The third-order valence-corrected chi connectivity index (χ3v) is 2.92. The molecule has 1 amide bonds. The van der Waals surface area contributed by atoms with Crippen molar-refractivity contribution in [1.82, 2.24) is 0 Å². The maximum Gasteiger partial charge on any atom is 0.248 e. The Kier molecular flexibility index (Phi) is 3.85. The van der Waals surface area contributed by atoms with Gasteiger partial charge in [0, 0.05) is 5.56 Å². The summed E-state index contributed by atoms with van der Waals surface area (Å²) in [6.07, 6.45) is 0. The van der Waals surface area contributed by atoms with Crippen LogP contribution < -0.4 is 10.5 Å². The summed E-state index contributed by atoms with van der Waals surface area (Å²) in [4.78, 5) is 11.0. The highest BCUT2D eigenvalue weighted by Gasteiger charge is 2.02. The minimum atomic E-state index is -0.437. The fourth-order valence-electron chi connectivity index (χ4n) is 1.74. The monoisotopic (exact) mass is 255 g/mol. The van der Waals surface area contributed by atoms with E-state index in [1.165, 1.54) is 5.56 Å². The van der Waals surface area contributed by atoms with Gasteiger partial charge in [-0.2, -0.15) is 0 Å². The maximum atomic E-state index is 11.0. The first kappa shape index (κ1) is 13.1. The molecule has 0 aliphatic heterocycles. The second-order valence-corrected chi connectivity index (χ2v) is 4.71. The van der Waals surface area contributed by atoms with Crippen LogP contribution in [0.4, 0.5) is 0 Å². The minimum Gasteiger partial charge on any atom is -0.457 e. The lowest BCUT2D eigenvalue weighted by Gasteiger charge is -2.08. The van der Waals surface area contributed by atoms with E-state index in [1.54, 1.807) is 24.3 Å². The molecule has 2 rings (SSSR count). The van der Waals surface area contributed by atoms with Crippen molar-refractivity contribution in [2.75, 3.05) is 0 Å². The number of ether oxygens (including phenoxy) is 1. The number of amides is 1. The van der Waals surface area contributed by atoms with Crippen LogP contribution in [0.5, 0.6) is 11.5 Å². The summed E-state index contributed by atoms with van der Waals surface area (Å²) in [6, 6.07) is 14.8. The van der Waals surface area contributed by atoms with Crippen LogP contribution in [0.25, 0.3) is 0 Å². The summed E-state index contributed by atoms with van der Waals surface area (Å²) in [5, 5.41) is 0. The van der Waals surface area contributed by atoms with Gasteiger partial charge in [-0.15, -0.1) is 0 Å². The molecule has 0 saturated carbocycles. The lowest BCUT2D eigenvalue weighted by Crippen LogP contribution is -2.10. The Labute approximate surface area is 113 Å². The van der Waals surface area contributed by atoms with Gasteiger partial charge in [-0.1, -0.05) is 26.0 Å². The zero-order chi connectivity index (χ0) is 13.8. The largest absolute Gasteiger partial charge is 0.457 e. The molecule has 3 heteroatoms. The van der Waals surface area contributed by atoms with E-state index < -0.39 is 5.91 Å². The van der Waals surface area contributed by atoms with E-state index in [1.807, 2.05) is 12.1 Å². The number of carbonyl (C=O) groups is 1. The molecule has 0 spiro atoms. The Balaban J connectivity index is 2.10. The first-order valence-corrected chi connectivity index (χ1v) is 6.24. The maximum absolute atomic E-state index is 11.0. The summed E-state index contributed by atoms with van der Waals surface area (Å²) in [5.74, 6) is 1.52. The molecule has 0 aliphatic rings. The Morgan fingerprint density at radius 1 is 0.947 bits per heavy atom. The molecule has 19 heavy (non-hydrogen) atoms. The molecule has 0 saturated heterocycles. The molecule has 2 aromatic rings. The number of carbonyl (C=O) groups excluding carboxylic acids is 1. The fraction of sp³-hybridized carbons (Fsp3) is 0.188. The quantitative estimate of drug-likeness (QED) is 0.905. The standard InChI is InChI=1S/C16H17NO2/c1-11(2)12-3-7-14(8-4-12)19-15-9-5-13(6-10-15)16(17)18/h3-11H,1-2H3,(H2,17,18). The predicted molar refractivity (Wildman–Crippen MR) is 75.6 cm³/mol. The number of rotatable bonds is 4. The van der Waals surface area contributed by atoms with E-state index >= 15 is 0 Å². The molecule has 3 nitrogen and oxygen atoms in total. The normalized spacial score (nSPS) is 10.5. The lowest BCUT2D eigenvalue weighted by molar-refractivity contribution is 0.100. The smallest absolute Gasteiger partial charge is 0.248 e. The third-order valence-electron chi connectivity index (χ3n) is 2.92. The van der Waals surface area contributed by atoms with Crippen LogP contribution in [0.3, 0.4) is 0 Å². The second kappa shape index (κ2) is 5.57. The molecule has 0 radical (unpaired) electrons. The zero-order valence-corrected chi connectivity index (χ0v) is 11.1. The van der Waals surface area contributed by atoms with Crippen LogP contribution >= 0.6 is 0 Å². The average Bonchev–Trinajstić information content (AvgIpc) is 2.40. The van der Waals surface area contributed by atoms with E-state index in [-0.39, 0.29) is 0 Å². The van der Waals surface area contributed by atoms with Gasteiger partial charge < -0.3 is 10.5 Å². The van der Waals surface area contributed by atoms with Crippen LogP contribution in [0.1, 0.15) is 35.7 Å². The lowest BCUT2D eigenvalue weighted by atomic mass is 10.0. The molecule has 2 aromatic carbocycles. The van der Waals surface area contributed by atoms with Crippen molar-refractivity contribution in [2.24, 2.45) is 5.73 Å². The highest BCUT2D eigenvalue weighted by molar-refractivity contribution is 5.92. The second-order valence-electron chi connectivity index (χ2n) is 4.71. The number of benzene rings is 2. The third kappa shape index (κ3) is 3.35. The summed E-state index contributed by atoms with van der Waals surface area (Å²) in [7, 11) is 0. The molecule has 0 heterocycles. The Morgan fingerprint density at radius 2 is 1.42 bits per heavy atom. The van der Waals surface area contributed by atoms with Crippen LogP contribution in [-0.4, -0.2) is 5.91 Å². The van der Waals surface area contributed by atoms with Crippen molar-refractivity contribution in [3.8, 4) is 11.5 Å². The zero-order valence-electron chi connectivity index (χ0n) is 11.1. The number of primary amides is 1. The van der Waals surface area contributed by atoms with Crippen molar-refractivity contribution in [2.45, 2.75) is 19.8 Å². The Morgan fingerprint density at radius 3 is 1.84 bits per heavy atom. The average molecular weight is 255 g/mol. The van der Waals surface area contributed by atoms with Crippen LogP contribution in [0.2, 0.25) is 0 Å². The molecular weight excluding hydrogens is 238 g/mol. The van der Waals surface area contributed by atoms with E-state index in [2.05, 4.69) is 26.0 Å². The van der Waals surface area contributed by atoms with Gasteiger partial charge in [0.2, 0.25) is 5.91 Å². The van der Waals surface area contributed by atoms with Gasteiger partial charge in [0.15, 0.2) is 0 Å². The van der Waals surface area contributed by atoms with Gasteiger partial charge in [0.05, 0.1) is 0 Å². The predicted octanol–water partition coefficient (Wildman–Crippen LogP) is 3.70. The molecular formula is C16H17NO2. The van der Waals surface area contributed by atoms with E-state index in [9.17, 15) is 4.79 Å². The van der Waals surface area contributed by atoms with Gasteiger partial charge >= 0.3 is 0 Å². The van der Waals surface area contributed by atoms with Gasteiger partial charge in [-0.3, -0.25) is 4.79 Å². The summed E-state index contributed by atoms with van der Waals surface area (Å²) in [6.45, 7) is 4.30. The van der Waals surface area contributed by atoms with Gasteiger partial charge in [0.25, 0.3) is 0 Å². The van der Waals surface area contributed by atoms with E-state index in [0.29, 0.717) is 17.2 Å². The van der Waals surface area contributed by atoms with E-state index in [0.717, 1.165) is 5.75 Å². The summed E-state index contributed by atoms with van der Waals surface area (Å²) >= 11 is 0. The molecule has 0 aromatic heterocycles. The van der Waals surface area contributed by atoms with Crippen molar-refractivity contribution in [3.63, 3.8) is 0 Å². The Hall–Kier alpha value is -2.29. The first-order valence-electron chi connectivity index (χ1n) is 6.24. The van der Waals surface area contributed by atoms with Crippen LogP contribution in [-0.2, 0) is 0 Å². The SMILES string of the molecule is CC(C)c1ccc(Oc2ccc(C(N)=O)cc2)cc1. The van der Waals surface area contributed by atoms with Gasteiger partial charge in [-0.05, 0) is 47.9 Å². The number of hydrogen-bond donors (Lipinski definition) is 1. The first-order chi connectivity index (χ1) is 9.06. The summed E-state index contributed by atoms with van der Waals surface area (Å²) in [5.41, 5.74) is 6.93. The van der Waals surface area contributed by atoms with Crippen molar-refractivity contribution in [3.05, 3.63) is 59.7 Å². The topological polar surface area (TPSA) is 52.3 Å². The molecule has 0 bridgehead atoms. The van der Waals surface area contributed by atoms with E-state index in [4.69, 9.17) is 10.5 Å². The van der Waals surface area contributed by atoms with Crippen molar-refractivity contribution < 1.29 is 9.53 Å². The molecule has 0 aliphatic carbocycles. The highest BCUT2D eigenvalue weighted by atomic mass is 16.5. The number of hydrogen-bond acceptors (Lipinski definition) is 2. The van der Waals surface area contributed by atoms with Crippen LogP contribution in [0.15, 0.2) is 48.5 Å². The summed E-state index contributed by atoms with van der Waals surface area (Å²) < 4.78 is 5.70. The molecule has 0 atom stereocenters.